The van der Waals surface area contributed by atoms with E-state index in [1.54, 1.807) is 24.3 Å². The summed E-state index contributed by atoms with van der Waals surface area (Å²) in [5.41, 5.74) is 1.01. The summed E-state index contributed by atoms with van der Waals surface area (Å²) in [5, 5.41) is 7.32. The molecule has 0 saturated heterocycles. The molecule has 1 aromatic heterocycles. The van der Waals surface area contributed by atoms with Crippen LogP contribution in [0.15, 0.2) is 29.1 Å². The van der Waals surface area contributed by atoms with Crippen molar-refractivity contribution >= 4 is 0 Å². The standard InChI is InChI=1S/C10H8N4O/c1-3-8-5-4-6-9(7-8)14-10(15)13(2)11-12-14/h1,4-7H,2H3. The number of benzene rings is 1. The van der Waals surface area contributed by atoms with Crippen molar-refractivity contribution in [2.24, 2.45) is 7.05 Å². The van der Waals surface area contributed by atoms with E-state index in [0.717, 1.165) is 4.68 Å². The molecule has 0 unspecified atom stereocenters. The molecule has 0 saturated carbocycles. The second kappa shape index (κ2) is 3.42. The van der Waals surface area contributed by atoms with E-state index >= 15 is 0 Å². The molecule has 0 aliphatic rings. The second-order valence-electron chi connectivity index (χ2n) is 2.99. The molecule has 0 atom stereocenters. The third kappa shape index (κ3) is 1.53. The SMILES string of the molecule is C#Cc1cccc(-n2nnn(C)c2=O)c1. The van der Waals surface area contributed by atoms with Gasteiger partial charge in [0.2, 0.25) is 0 Å². The normalized spacial score (nSPS) is 9.87. The van der Waals surface area contributed by atoms with Gasteiger partial charge in [-0.25, -0.2) is 4.79 Å². The highest BCUT2D eigenvalue weighted by molar-refractivity contribution is 5.41. The van der Waals surface area contributed by atoms with Gasteiger partial charge in [-0.1, -0.05) is 12.0 Å². The molecule has 0 spiro atoms. The first-order valence-corrected chi connectivity index (χ1v) is 4.28. The van der Waals surface area contributed by atoms with Crippen LogP contribution in [0, 0.1) is 12.3 Å². The Morgan fingerprint density at radius 2 is 2.20 bits per heavy atom. The van der Waals surface area contributed by atoms with E-state index in [1.165, 1.54) is 11.7 Å². The molecule has 2 rings (SSSR count). The minimum absolute atomic E-state index is 0.302. The fourth-order valence-corrected chi connectivity index (χ4v) is 1.20. The molecule has 0 aliphatic heterocycles. The Labute approximate surface area is 85.9 Å². The Balaban J connectivity index is 2.60. The molecular formula is C10H8N4O. The molecule has 0 fully saturated rings. The number of tetrazole rings is 1. The molecule has 0 amide bonds. The highest BCUT2D eigenvalue weighted by Crippen LogP contribution is 2.05. The van der Waals surface area contributed by atoms with Crippen molar-refractivity contribution in [3.63, 3.8) is 0 Å². The van der Waals surface area contributed by atoms with Crippen molar-refractivity contribution in [3.05, 3.63) is 40.3 Å². The highest BCUT2D eigenvalue weighted by atomic mass is 16.2. The van der Waals surface area contributed by atoms with Gasteiger partial charge >= 0.3 is 5.69 Å². The first-order chi connectivity index (χ1) is 7.22. The van der Waals surface area contributed by atoms with Crippen LogP contribution >= 0.6 is 0 Å². The number of hydrogen-bond donors (Lipinski definition) is 0. The minimum Gasteiger partial charge on any atom is -0.244 e. The summed E-state index contributed by atoms with van der Waals surface area (Å²) in [6, 6.07) is 7.00. The molecule has 0 radical (unpaired) electrons. The van der Waals surface area contributed by atoms with Crippen LogP contribution in [0.5, 0.6) is 0 Å². The van der Waals surface area contributed by atoms with E-state index in [0.29, 0.717) is 11.3 Å². The van der Waals surface area contributed by atoms with E-state index in [4.69, 9.17) is 6.42 Å². The fraction of sp³-hybridized carbons (Fsp3) is 0.100. The molecule has 5 nitrogen and oxygen atoms in total. The Morgan fingerprint density at radius 1 is 1.40 bits per heavy atom. The number of nitrogens with zero attached hydrogens (tertiary/aromatic N) is 4. The zero-order chi connectivity index (χ0) is 10.8. The molecule has 1 aromatic carbocycles. The topological polar surface area (TPSA) is 52.7 Å². The number of rotatable bonds is 1. The van der Waals surface area contributed by atoms with Crippen LogP contribution < -0.4 is 5.69 Å². The van der Waals surface area contributed by atoms with E-state index in [1.807, 2.05) is 0 Å². The molecule has 2 aromatic rings. The molecule has 0 N–H and O–H groups in total. The van der Waals surface area contributed by atoms with Crippen molar-refractivity contribution < 1.29 is 0 Å². The van der Waals surface area contributed by atoms with Gasteiger partial charge in [0.25, 0.3) is 0 Å². The zero-order valence-corrected chi connectivity index (χ0v) is 8.08. The average molecular weight is 200 g/mol. The minimum atomic E-state index is -0.302. The predicted molar refractivity (Wildman–Crippen MR) is 54.5 cm³/mol. The van der Waals surface area contributed by atoms with Crippen LogP contribution in [0.4, 0.5) is 0 Å². The average Bonchev–Trinajstić information content (AvgIpc) is 2.60. The maximum atomic E-state index is 11.5. The number of terminal acetylenes is 1. The van der Waals surface area contributed by atoms with Gasteiger partial charge in [0.15, 0.2) is 0 Å². The molecule has 5 heteroatoms. The van der Waals surface area contributed by atoms with Crippen LogP contribution in [0.3, 0.4) is 0 Å². The zero-order valence-electron chi connectivity index (χ0n) is 8.08. The largest absolute Gasteiger partial charge is 0.368 e. The summed E-state index contributed by atoms with van der Waals surface area (Å²) in [6.07, 6.45) is 5.26. The van der Waals surface area contributed by atoms with Gasteiger partial charge in [0.1, 0.15) is 0 Å². The van der Waals surface area contributed by atoms with Crippen LogP contribution in [0.2, 0.25) is 0 Å². The molecule has 0 aliphatic carbocycles. The Bertz CT molecular complexity index is 588. The Hall–Kier alpha value is -2.35. The lowest BCUT2D eigenvalue weighted by Crippen LogP contribution is -2.21. The highest BCUT2D eigenvalue weighted by Gasteiger charge is 2.05. The van der Waals surface area contributed by atoms with Crippen LogP contribution in [-0.2, 0) is 7.05 Å². The van der Waals surface area contributed by atoms with Gasteiger partial charge in [-0.05, 0) is 28.6 Å². The lowest BCUT2D eigenvalue weighted by atomic mass is 10.2. The maximum absolute atomic E-state index is 11.5. The third-order valence-corrected chi connectivity index (χ3v) is 1.98. The lowest BCUT2D eigenvalue weighted by molar-refractivity contribution is 0.693. The first kappa shape index (κ1) is 9.21. The molecule has 15 heavy (non-hydrogen) atoms. The molecular weight excluding hydrogens is 192 g/mol. The summed E-state index contributed by atoms with van der Waals surface area (Å²) in [4.78, 5) is 11.5. The van der Waals surface area contributed by atoms with Crippen LogP contribution in [0.1, 0.15) is 5.56 Å². The van der Waals surface area contributed by atoms with Crippen LogP contribution in [0.25, 0.3) is 5.69 Å². The second-order valence-corrected chi connectivity index (χ2v) is 2.99. The summed E-state index contributed by atoms with van der Waals surface area (Å²) in [7, 11) is 1.54. The van der Waals surface area contributed by atoms with Crippen molar-refractivity contribution in [1.82, 2.24) is 19.8 Å². The smallest absolute Gasteiger partial charge is 0.244 e. The molecule has 0 bridgehead atoms. The van der Waals surface area contributed by atoms with E-state index in [-0.39, 0.29) is 5.69 Å². The maximum Gasteiger partial charge on any atom is 0.368 e. The Kier molecular flexibility index (Phi) is 2.10. The summed E-state index contributed by atoms with van der Waals surface area (Å²) in [6.45, 7) is 0. The molecule has 74 valence electrons. The number of hydrogen-bond acceptors (Lipinski definition) is 3. The lowest BCUT2D eigenvalue weighted by Gasteiger charge is -1.97. The third-order valence-electron chi connectivity index (χ3n) is 1.98. The molecule has 1 heterocycles. The summed E-state index contributed by atoms with van der Waals surface area (Å²) >= 11 is 0. The van der Waals surface area contributed by atoms with Gasteiger partial charge < -0.3 is 0 Å². The van der Waals surface area contributed by atoms with Crippen molar-refractivity contribution in [2.45, 2.75) is 0 Å². The summed E-state index contributed by atoms with van der Waals surface area (Å²) < 4.78 is 2.35. The number of aromatic nitrogens is 4. The van der Waals surface area contributed by atoms with Crippen LogP contribution in [-0.4, -0.2) is 19.8 Å². The fourth-order valence-electron chi connectivity index (χ4n) is 1.20. The van der Waals surface area contributed by atoms with E-state index in [2.05, 4.69) is 16.3 Å². The van der Waals surface area contributed by atoms with Gasteiger partial charge in [-0.3, -0.25) is 0 Å². The van der Waals surface area contributed by atoms with E-state index in [9.17, 15) is 4.79 Å². The van der Waals surface area contributed by atoms with Crippen molar-refractivity contribution in [2.75, 3.05) is 0 Å². The monoisotopic (exact) mass is 200 g/mol. The van der Waals surface area contributed by atoms with Crippen molar-refractivity contribution in [3.8, 4) is 18.0 Å². The Morgan fingerprint density at radius 3 is 2.80 bits per heavy atom. The van der Waals surface area contributed by atoms with Gasteiger partial charge in [-0.2, -0.15) is 9.36 Å². The van der Waals surface area contributed by atoms with E-state index < -0.39 is 0 Å². The van der Waals surface area contributed by atoms with Gasteiger partial charge in [0, 0.05) is 12.6 Å². The quantitative estimate of drug-likeness (QED) is 0.606. The first-order valence-electron chi connectivity index (χ1n) is 4.28. The number of aryl methyl sites for hydroxylation is 1. The van der Waals surface area contributed by atoms with Crippen molar-refractivity contribution in [1.29, 1.82) is 0 Å². The summed E-state index contributed by atoms with van der Waals surface area (Å²) in [5.74, 6) is 2.49. The predicted octanol–water partition coefficient (Wildman–Crippen LogP) is -0.0527. The van der Waals surface area contributed by atoms with Gasteiger partial charge in [-0.15, -0.1) is 6.42 Å². The van der Waals surface area contributed by atoms with Gasteiger partial charge in [0.05, 0.1) is 5.69 Å².